The van der Waals surface area contributed by atoms with Gasteiger partial charge in [0.1, 0.15) is 13.2 Å². The molecular formula is C16H16O7. The van der Waals surface area contributed by atoms with Gasteiger partial charge >= 0.3 is 24.4 Å². The van der Waals surface area contributed by atoms with Crippen molar-refractivity contribution in [3.63, 3.8) is 0 Å². The van der Waals surface area contributed by atoms with E-state index in [0.717, 1.165) is 0 Å². The first kappa shape index (κ1) is 18.1. The SMILES string of the molecule is C=C(C)C(=O)OCCOC(=O)c1ccc(C(=O)OC=O)c(C)c1. The van der Waals surface area contributed by atoms with Gasteiger partial charge in [0.05, 0.1) is 11.1 Å². The monoisotopic (exact) mass is 320 g/mol. The second-order valence-electron chi connectivity index (χ2n) is 4.58. The molecule has 0 amide bonds. The van der Waals surface area contributed by atoms with E-state index in [2.05, 4.69) is 11.3 Å². The summed E-state index contributed by atoms with van der Waals surface area (Å²) >= 11 is 0. The largest absolute Gasteiger partial charge is 0.459 e. The van der Waals surface area contributed by atoms with Crippen molar-refractivity contribution in [1.29, 1.82) is 0 Å². The smallest absolute Gasteiger partial charge is 0.345 e. The quantitative estimate of drug-likeness (QED) is 0.188. The fraction of sp³-hybridized carbons (Fsp3) is 0.250. The normalized spacial score (nSPS) is 9.65. The van der Waals surface area contributed by atoms with Crippen LogP contribution in [0.1, 0.15) is 33.2 Å². The number of ether oxygens (including phenoxy) is 3. The lowest BCUT2D eigenvalue weighted by atomic mass is 10.1. The van der Waals surface area contributed by atoms with Crippen LogP contribution in [0.5, 0.6) is 0 Å². The van der Waals surface area contributed by atoms with Crippen molar-refractivity contribution in [3.8, 4) is 0 Å². The number of rotatable bonds is 7. The van der Waals surface area contributed by atoms with Gasteiger partial charge in [-0.05, 0) is 37.6 Å². The lowest BCUT2D eigenvalue weighted by Gasteiger charge is -2.08. The van der Waals surface area contributed by atoms with Crippen LogP contribution in [0.15, 0.2) is 30.4 Å². The number of hydrogen-bond acceptors (Lipinski definition) is 7. The zero-order valence-corrected chi connectivity index (χ0v) is 12.8. The van der Waals surface area contributed by atoms with Crippen molar-refractivity contribution < 1.29 is 33.4 Å². The molecule has 0 aromatic heterocycles. The minimum absolute atomic E-state index is 0.0379. The third kappa shape index (κ3) is 5.39. The topological polar surface area (TPSA) is 96.0 Å². The zero-order chi connectivity index (χ0) is 17.4. The van der Waals surface area contributed by atoms with Crippen molar-refractivity contribution in [3.05, 3.63) is 47.0 Å². The summed E-state index contributed by atoms with van der Waals surface area (Å²) in [6.45, 7) is 6.37. The first-order chi connectivity index (χ1) is 10.9. The average molecular weight is 320 g/mol. The van der Waals surface area contributed by atoms with Crippen LogP contribution in [0.25, 0.3) is 0 Å². The van der Waals surface area contributed by atoms with Gasteiger partial charge in [0.25, 0.3) is 0 Å². The zero-order valence-electron chi connectivity index (χ0n) is 12.8. The summed E-state index contributed by atoms with van der Waals surface area (Å²) < 4.78 is 14.0. The van der Waals surface area contributed by atoms with E-state index in [-0.39, 0.29) is 36.4 Å². The van der Waals surface area contributed by atoms with Crippen LogP contribution in [0.3, 0.4) is 0 Å². The summed E-state index contributed by atoms with van der Waals surface area (Å²) in [4.78, 5) is 44.6. The summed E-state index contributed by atoms with van der Waals surface area (Å²) in [5.41, 5.74) is 1.10. The van der Waals surface area contributed by atoms with E-state index in [4.69, 9.17) is 9.47 Å². The summed E-state index contributed by atoms with van der Waals surface area (Å²) in [5.74, 6) is -1.99. The molecule has 1 aromatic carbocycles. The van der Waals surface area contributed by atoms with Crippen LogP contribution >= 0.6 is 0 Å². The number of hydrogen-bond donors (Lipinski definition) is 0. The number of aryl methyl sites for hydroxylation is 1. The van der Waals surface area contributed by atoms with E-state index in [1.165, 1.54) is 25.1 Å². The Hall–Kier alpha value is -2.96. The Morgan fingerprint density at radius 3 is 2.35 bits per heavy atom. The van der Waals surface area contributed by atoms with Crippen molar-refractivity contribution in [1.82, 2.24) is 0 Å². The lowest BCUT2D eigenvalue weighted by Crippen LogP contribution is -2.15. The molecule has 7 heteroatoms. The summed E-state index contributed by atoms with van der Waals surface area (Å²) in [5, 5.41) is 0. The lowest BCUT2D eigenvalue weighted by molar-refractivity contribution is -0.140. The average Bonchev–Trinajstić information content (AvgIpc) is 2.50. The molecule has 0 fully saturated rings. The molecule has 0 heterocycles. The van der Waals surface area contributed by atoms with Gasteiger partial charge in [-0.2, -0.15) is 0 Å². The fourth-order valence-corrected chi connectivity index (χ4v) is 1.60. The molecule has 0 aliphatic heterocycles. The summed E-state index contributed by atoms with van der Waals surface area (Å²) in [6.07, 6.45) is 0. The maximum atomic E-state index is 11.8. The van der Waals surface area contributed by atoms with E-state index < -0.39 is 17.9 Å². The molecule has 7 nitrogen and oxygen atoms in total. The highest BCUT2D eigenvalue weighted by molar-refractivity contribution is 5.96. The Bertz CT molecular complexity index is 646. The molecule has 0 saturated carbocycles. The maximum Gasteiger partial charge on any atom is 0.345 e. The van der Waals surface area contributed by atoms with E-state index in [1.54, 1.807) is 6.92 Å². The number of benzene rings is 1. The number of esters is 3. The van der Waals surface area contributed by atoms with Crippen molar-refractivity contribution in [2.75, 3.05) is 13.2 Å². The van der Waals surface area contributed by atoms with Gasteiger partial charge < -0.3 is 14.2 Å². The standard InChI is InChI=1S/C16H16O7/c1-10(2)14(18)21-6-7-22-15(19)12-4-5-13(11(3)8-12)16(20)23-9-17/h4-5,8-9H,1,6-7H2,2-3H3. The van der Waals surface area contributed by atoms with Gasteiger partial charge in [-0.15, -0.1) is 0 Å². The van der Waals surface area contributed by atoms with Crippen LogP contribution in [0.2, 0.25) is 0 Å². The third-order valence-electron chi connectivity index (χ3n) is 2.74. The molecule has 0 bridgehead atoms. The molecule has 0 N–H and O–H groups in total. The van der Waals surface area contributed by atoms with Gasteiger partial charge in [-0.25, -0.2) is 14.4 Å². The third-order valence-corrected chi connectivity index (χ3v) is 2.74. The van der Waals surface area contributed by atoms with Crippen LogP contribution in [-0.4, -0.2) is 37.6 Å². The number of carbonyl (C=O) groups excluding carboxylic acids is 4. The van der Waals surface area contributed by atoms with Crippen molar-refractivity contribution >= 4 is 24.4 Å². The minimum atomic E-state index is -0.802. The van der Waals surface area contributed by atoms with Gasteiger partial charge in [0, 0.05) is 5.57 Å². The Kier molecular flexibility index (Phi) is 6.67. The molecule has 0 aliphatic rings. The van der Waals surface area contributed by atoms with Crippen LogP contribution < -0.4 is 0 Å². The van der Waals surface area contributed by atoms with E-state index >= 15 is 0 Å². The van der Waals surface area contributed by atoms with Crippen LogP contribution in [-0.2, 0) is 23.8 Å². The fourth-order valence-electron chi connectivity index (χ4n) is 1.60. The van der Waals surface area contributed by atoms with Crippen molar-refractivity contribution in [2.24, 2.45) is 0 Å². The highest BCUT2D eigenvalue weighted by Gasteiger charge is 2.14. The molecule has 0 unspecified atom stereocenters. The molecule has 0 atom stereocenters. The predicted octanol–water partition coefficient (Wildman–Crippen LogP) is 1.58. The highest BCUT2D eigenvalue weighted by atomic mass is 16.6. The van der Waals surface area contributed by atoms with Gasteiger partial charge in [0.15, 0.2) is 0 Å². The molecule has 0 aliphatic carbocycles. The van der Waals surface area contributed by atoms with Crippen molar-refractivity contribution in [2.45, 2.75) is 13.8 Å². The van der Waals surface area contributed by atoms with Crippen LogP contribution in [0.4, 0.5) is 0 Å². The molecule has 1 aromatic rings. The number of carbonyl (C=O) groups is 4. The summed E-state index contributed by atoms with van der Waals surface area (Å²) in [7, 11) is 0. The molecule has 0 spiro atoms. The molecule has 1 rings (SSSR count). The first-order valence-corrected chi connectivity index (χ1v) is 6.62. The Labute approximate surface area is 132 Å². The molecule has 0 saturated heterocycles. The minimum Gasteiger partial charge on any atom is -0.459 e. The molecule has 122 valence electrons. The van der Waals surface area contributed by atoms with Gasteiger partial charge in [-0.3, -0.25) is 4.79 Å². The maximum absolute atomic E-state index is 11.8. The van der Waals surface area contributed by atoms with Gasteiger partial charge in [0.2, 0.25) is 0 Å². The van der Waals surface area contributed by atoms with Gasteiger partial charge in [-0.1, -0.05) is 6.58 Å². The van der Waals surface area contributed by atoms with E-state index in [0.29, 0.717) is 5.56 Å². The Morgan fingerprint density at radius 2 is 1.78 bits per heavy atom. The second-order valence-corrected chi connectivity index (χ2v) is 4.58. The Morgan fingerprint density at radius 1 is 1.13 bits per heavy atom. The second kappa shape index (κ2) is 8.47. The Balaban J connectivity index is 2.59. The highest BCUT2D eigenvalue weighted by Crippen LogP contribution is 2.13. The molecule has 23 heavy (non-hydrogen) atoms. The molecule has 0 radical (unpaired) electrons. The molecular weight excluding hydrogens is 304 g/mol. The van der Waals surface area contributed by atoms with E-state index in [1.807, 2.05) is 0 Å². The van der Waals surface area contributed by atoms with E-state index in [9.17, 15) is 19.2 Å². The predicted molar refractivity (Wildman–Crippen MR) is 78.7 cm³/mol. The van der Waals surface area contributed by atoms with Crippen LogP contribution in [0, 0.1) is 6.92 Å². The summed E-state index contributed by atoms with van der Waals surface area (Å²) in [6, 6.07) is 4.17. The first-order valence-electron chi connectivity index (χ1n) is 6.62.